The highest BCUT2D eigenvalue weighted by Crippen LogP contribution is 2.26. The minimum absolute atomic E-state index is 0.312. The molecular formula is C28H31N5O4. The molecule has 1 saturated heterocycles. The molecule has 5 rings (SSSR count). The summed E-state index contributed by atoms with van der Waals surface area (Å²) in [4.78, 5) is 32.5. The van der Waals surface area contributed by atoms with E-state index in [9.17, 15) is 9.59 Å². The Labute approximate surface area is 214 Å². The highest BCUT2D eigenvalue weighted by atomic mass is 16.5. The molecule has 0 spiro atoms. The quantitative estimate of drug-likeness (QED) is 0.384. The monoisotopic (exact) mass is 501 g/mol. The van der Waals surface area contributed by atoms with Crippen LogP contribution in [0, 0.1) is 0 Å². The average molecular weight is 502 g/mol. The van der Waals surface area contributed by atoms with Gasteiger partial charge >= 0.3 is 5.69 Å². The summed E-state index contributed by atoms with van der Waals surface area (Å²) in [6, 6.07) is 15.8. The fourth-order valence-electron chi connectivity index (χ4n) is 4.63. The van der Waals surface area contributed by atoms with Crippen LogP contribution in [0.5, 0.6) is 11.5 Å². The number of nitrogens with zero attached hydrogens (tertiary/aromatic N) is 5. The van der Waals surface area contributed by atoms with Crippen LogP contribution in [-0.4, -0.2) is 45.0 Å². The maximum Gasteiger partial charge on any atom is 0.332 e. The van der Waals surface area contributed by atoms with Crippen LogP contribution in [0.25, 0.3) is 23.3 Å². The van der Waals surface area contributed by atoms with E-state index in [1.54, 1.807) is 18.5 Å². The molecule has 192 valence electrons. The lowest BCUT2D eigenvalue weighted by Gasteiger charge is -2.28. The third-order valence-corrected chi connectivity index (χ3v) is 6.64. The summed E-state index contributed by atoms with van der Waals surface area (Å²) in [7, 11) is 1.79. The van der Waals surface area contributed by atoms with Crippen LogP contribution >= 0.6 is 0 Å². The number of aryl methyl sites for hydroxylation is 2. The van der Waals surface area contributed by atoms with Crippen LogP contribution in [0.1, 0.15) is 25.2 Å². The molecule has 1 aliphatic rings. The maximum atomic E-state index is 12.9. The van der Waals surface area contributed by atoms with Crippen LogP contribution in [0.3, 0.4) is 0 Å². The second-order valence-electron chi connectivity index (χ2n) is 8.88. The van der Waals surface area contributed by atoms with Crippen molar-refractivity contribution in [2.75, 3.05) is 31.2 Å². The minimum atomic E-state index is -0.334. The Bertz CT molecular complexity index is 1560. The molecule has 4 aromatic rings. The van der Waals surface area contributed by atoms with Crippen molar-refractivity contribution in [2.45, 2.75) is 26.9 Å². The zero-order valence-electron chi connectivity index (χ0n) is 21.4. The van der Waals surface area contributed by atoms with Crippen LogP contribution in [0.2, 0.25) is 0 Å². The highest BCUT2D eigenvalue weighted by molar-refractivity contribution is 5.76. The molecule has 0 aliphatic carbocycles. The van der Waals surface area contributed by atoms with Crippen molar-refractivity contribution in [3.8, 4) is 11.5 Å². The van der Waals surface area contributed by atoms with Gasteiger partial charge in [0.25, 0.3) is 5.56 Å². The Morgan fingerprint density at radius 1 is 0.946 bits per heavy atom. The molecule has 0 amide bonds. The van der Waals surface area contributed by atoms with Crippen molar-refractivity contribution < 1.29 is 9.47 Å². The van der Waals surface area contributed by atoms with Gasteiger partial charge in [0.15, 0.2) is 11.2 Å². The van der Waals surface area contributed by atoms with Gasteiger partial charge in [-0.05, 0) is 61.9 Å². The molecule has 2 aromatic carbocycles. The average Bonchev–Trinajstić information content (AvgIpc) is 3.25. The molecular weight excluding hydrogens is 470 g/mol. The molecule has 0 bridgehead atoms. The zero-order valence-corrected chi connectivity index (χ0v) is 21.4. The van der Waals surface area contributed by atoms with E-state index in [1.165, 1.54) is 9.13 Å². The fourth-order valence-corrected chi connectivity index (χ4v) is 4.63. The van der Waals surface area contributed by atoms with E-state index in [2.05, 4.69) is 22.0 Å². The van der Waals surface area contributed by atoms with Crippen molar-refractivity contribution in [2.24, 2.45) is 7.05 Å². The van der Waals surface area contributed by atoms with E-state index >= 15 is 0 Å². The summed E-state index contributed by atoms with van der Waals surface area (Å²) in [5.41, 5.74) is 2.25. The molecule has 9 heteroatoms. The van der Waals surface area contributed by atoms with Gasteiger partial charge in [-0.3, -0.25) is 13.9 Å². The number of morpholine rings is 1. The molecule has 0 atom stereocenters. The Morgan fingerprint density at radius 2 is 1.68 bits per heavy atom. The first-order valence-corrected chi connectivity index (χ1v) is 12.6. The molecule has 0 N–H and O–H groups in total. The Balaban J connectivity index is 1.38. The summed E-state index contributed by atoms with van der Waals surface area (Å²) in [6.07, 6.45) is 3.76. The molecule has 0 saturated carbocycles. The van der Waals surface area contributed by atoms with Crippen molar-refractivity contribution >= 4 is 29.0 Å². The number of rotatable bonds is 7. The van der Waals surface area contributed by atoms with Gasteiger partial charge in [0, 0.05) is 38.9 Å². The van der Waals surface area contributed by atoms with Gasteiger partial charge in [-0.1, -0.05) is 18.2 Å². The van der Waals surface area contributed by atoms with Crippen molar-refractivity contribution in [3.05, 3.63) is 80.8 Å². The molecule has 37 heavy (non-hydrogen) atoms. The minimum Gasteiger partial charge on any atom is -0.457 e. The van der Waals surface area contributed by atoms with Gasteiger partial charge in [-0.2, -0.15) is 0 Å². The number of ether oxygens (including phenoxy) is 2. The van der Waals surface area contributed by atoms with Crippen LogP contribution < -0.4 is 20.9 Å². The molecule has 1 aliphatic heterocycles. The third-order valence-electron chi connectivity index (χ3n) is 6.64. The van der Waals surface area contributed by atoms with E-state index in [0.717, 1.165) is 49.1 Å². The first-order chi connectivity index (χ1) is 18.0. The SMILES string of the molecule is CCn1c(=O)c2c(nc(/C=C/c3cccc(Oc4ccc(N5CCOCC5)cc4)c3)n2C)n(CC)c1=O. The molecule has 1 fully saturated rings. The molecule has 2 aromatic heterocycles. The second-order valence-corrected chi connectivity index (χ2v) is 8.88. The van der Waals surface area contributed by atoms with Crippen molar-refractivity contribution in [1.82, 2.24) is 18.7 Å². The van der Waals surface area contributed by atoms with Gasteiger partial charge in [0.2, 0.25) is 0 Å². The predicted molar refractivity (Wildman–Crippen MR) is 145 cm³/mol. The smallest absolute Gasteiger partial charge is 0.332 e. The van der Waals surface area contributed by atoms with Gasteiger partial charge in [-0.15, -0.1) is 0 Å². The summed E-state index contributed by atoms with van der Waals surface area (Å²) in [6.45, 7) is 7.70. The number of benzene rings is 2. The number of hydrogen-bond donors (Lipinski definition) is 0. The van der Waals surface area contributed by atoms with Gasteiger partial charge in [0.05, 0.1) is 13.2 Å². The van der Waals surface area contributed by atoms with Crippen molar-refractivity contribution in [3.63, 3.8) is 0 Å². The number of hydrogen-bond acceptors (Lipinski definition) is 6. The lowest BCUT2D eigenvalue weighted by atomic mass is 10.2. The zero-order chi connectivity index (χ0) is 25.9. The van der Waals surface area contributed by atoms with Crippen LogP contribution in [0.4, 0.5) is 5.69 Å². The number of fused-ring (bicyclic) bond motifs is 1. The van der Waals surface area contributed by atoms with E-state index in [4.69, 9.17) is 9.47 Å². The number of imidazole rings is 1. The van der Waals surface area contributed by atoms with Crippen LogP contribution in [-0.2, 0) is 24.9 Å². The van der Waals surface area contributed by atoms with E-state index in [1.807, 2.05) is 55.5 Å². The number of anilines is 1. The Hall–Kier alpha value is -4.11. The topological polar surface area (TPSA) is 83.5 Å². The van der Waals surface area contributed by atoms with Gasteiger partial charge < -0.3 is 18.9 Å². The first kappa shape index (κ1) is 24.6. The van der Waals surface area contributed by atoms with Crippen molar-refractivity contribution in [1.29, 1.82) is 0 Å². The normalized spacial score (nSPS) is 14.1. The lowest BCUT2D eigenvalue weighted by Crippen LogP contribution is -2.39. The Kier molecular flexibility index (Phi) is 6.96. The van der Waals surface area contributed by atoms with E-state index < -0.39 is 0 Å². The fraction of sp³-hybridized carbons (Fsp3) is 0.321. The largest absolute Gasteiger partial charge is 0.457 e. The number of aromatic nitrogens is 4. The standard InChI is InChI=1S/C28H31N5O4/c1-4-32-26-25(27(34)33(5-2)28(32)35)30(3)24(29-26)14-9-20-7-6-8-23(19-20)37-22-12-10-21(11-13-22)31-15-17-36-18-16-31/h6-14,19H,4-5,15-18H2,1-3H3/b14-9+. The highest BCUT2D eigenvalue weighted by Gasteiger charge is 2.17. The molecule has 0 unspecified atom stereocenters. The Morgan fingerprint density at radius 3 is 2.38 bits per heavy atom. The lowest BCUT2D eigenvalue weighted by molar-refractivity contribution is 0.122. The molecule has 9 nitrogen and oxygen atoms in total. The first-order valence-electron chi connectivity index (χ1n) is 12.6. The summed E-state index contributed by atoms with van der Waals surface area (Å²) in [5, 5.41) is 0. The van der Waals surface area contributed by atoms with E-state index in [0.29, 0.717) is 30.1 Å². The molecule has 0 radical (unpaired) electrons. The van der Waals surface area contributed by atoms with Crippen LogP contribution in [0.15, 0.2) is 58.1 Å². The summed E-state index contributed by atoms with van der Waals surface area (Å²) < 4.78 is 16.0. The summed E-state index contributed by atoms with van der Waals surface area (Å²) in [5.74, 6) is 2.07. The third kappa shape index (κ3) is 4.82. The maximum absolute atomic E-state index is 12.9. The van der Waals surface area contributed by atoms with Gasteiger partial charge in [0.1, 0.15) is 17.3 Å². The predicted octanol–water partition coefficient (Wildman–Crippen LogP) is 3.74. The van der Waals surface area contributed by atoms with E-state index in [-0.39, 0.29) is 11.2 Å². The second kappa shape index (κ2) is 10.5. The molecule has 3 heterocycles. The summed E-state index contributed by atoms with van der Waals surface area (Å²) >= 11 is 0. The van der Waals surface area contributed by atoms with Gasteiger partial charge in [-0.25, -0.2) is 9.78 Å².